The van der Waals surface area contributed by atoms with Crippen LogP contribution in [0.15, 0.2) is 194 Å². The van der Waals surface area contributed by atoms with Crippen molar-refractivity contribution >= 4 is 57.2 Å². The van der Waals surface area contributed by atoms with Crippen LogP contribution in [0.3, 0.4) is 0 Å². The first-order valence-corrected chi connectivity index (χ1v) is 19.3. The van der Waals surface area contributed by atoms with Crippen molar-refractivity contribution in [1.82, 2.24) is 0 Å². The van der Waals surface area contributed by atoms with Crippen molar-refractivity contribution in [3.8, 4) is 33.4 Å². The summed E-state index contributed by atoms with van der Waals surface area (Å²) in [6.07, 6.45) is 0. The van der Waals surface area contributed by atoms with Gasteiger partial charge in [0, 0.05) is 22.6 Å². The summed E-state index contributed by atoms with van der Waals surface area (Å²) >= 11 is 0. The molecule has 0 fully saturated rings. The standard InChI is InChI=1S/C52H41BN2/c1-52(2,3)39-30-32-47(44(35-39)37-20-9-5-10-21-37)55-48-29-16-15-28-46(48)53-45-27-14-13-26-42(45)43-31-33-49(51(55)50(43)53)54(40-23-11-6-12-24-40)41-25-17-22-38(34-41)36-18-7-4-8-19-36/h4-35H,1-3H3. The van der Waals surface area contributed by atoms with Gasteiger partial charge in [-0.25, -0.2) is 0 Å². The molecule has 8 aromatic rings. The van der Waals surface area contributed by atoms with Crippen LogP contribution >= 0.6 is 0 Å². The Kier molecular flexibility index (Phi) is 7.85. The molecular formula is C52H41BN2. The number of rotatable bonds is 6. The van der Waals surface area contributed by atoms with Gasteiger partial charge in [-0.15, -0.1) is 0 Å². The van der Waals surface area contributed by atoms with Gasteiger partial charge in [-0.2, -0.15) is 0 Å². The topological polar surface area (TPSA) is 6.48 Å². The Morgan fingerprint density at radius 3 is 1.80 bits per heavy atom. The molecule has 0 aliphatic carbocycles. The van der Waals surface area contributed by atoms with Crippen LogP contribution in [0.1, 0.15) is 26.3 Å². The molecular weight excluding hydrogens is 663 g/mol. The van der Waals surface area contributed by atoms with Gasteiger partial charge in [0.1, 0.15) is 0 Å². The van der Waals surface area contributed by atoms with Crippen molar-refractivity contribution in [1.29, 1.82) is 0 Å². The average molecular weight is 705 g/mol. The lowest BCUT2D eigenvalue weighted by Gasteiger charge is -2.40. The zero-order chi connectivity index (χ0) is 37.1. The monoisotopic (exact) mass is 704 g/mol. The fourth-order valence-electron chi connectivity index (χ4n) is 8.82. The summed E-state index contributed by atoms with van der Waals surface area (Å²) in [5.74, 6) is 0. The molecule has 0 bridgehead atoms. The molecule has 2 nitrogen and oxygen atoms in total. The number of benzene rings is 8. The van der Waals surface area contributed by atoms with Crippen molar-refractivity contribution < 1.29 is 0 Å². The van der Waals surface area contributed by atoms with Crippen LogP contribution in [0, 0.1) is 0 Å². The minimum atomic E-state index is -0.0123. The normalized spacial score (nSPS) is 12.6. The molecule has 2 aliphatic heterocycles. The molecule has 0 saturated carbocycles. The van der Waals surface area contributed by atoms with Gasteiger partial charge < -0.3 is 9.80 Å². The third-order valence-electron chi connectivity index (χ3n) is 11.4. The Hall–Kier alpha value is -6.58. The molecule has 0 atom stereocenters. The molecule has 262 valence electrons. The van der Waals surface area contributed by atoms with Gasteiger partial charge in [0.25, 0.3) is 0 Å². The van der Waals surface area contributed by atoms with E-state index in [9.17, 15) is 0 Å². The van der Waals surface area contributed by atoms with Gasteiger partial charge in [-0.1, -0.05) is 172 Å². The molecule has 10 rings (SSSR count). The van der Waals surface area contributed by atoms with E-state index in [0.29, 0.717) is 0 Å². The van der Waals surface area contributed by atoms with E-state index >= 15 is 0 Å². The molecule has 0 N–H and O–H groups in total. The SMILES string of the molecule is CC(C)(C)c1ccc(N2c3ccccc3B3c4ccccc4-c4ccc(N(c5ccccc5)c5cccc(-c6ccccc6)c5)c2c43)c(-c2ccccc2)c1. The van der Waals surface area contributed by atoms with Crippen LogP contribution in [0.4, 0.5) is 34.1 Å². The van der Waals surface area contributed by atoms with E-state index in [1.165, 1.54) is 72.4 Å². The van der Waals surface area contributed by atoms with Crippen LogP contribution < -0.4 is 26.2 Å². The third-order valence-corrected chi connectivity index (χ3v) is 11.4. The average Bonchev–Trinajstić information content (AvgIpc) is 3.57. The molecule has 0 unspecified atom stereocenters. The van der Waals surface area contributed by atoms with Crippen LogP contribution in [-0.2, 0) is 5.41 Å². The predicted molar refractivity (Wildman–Crippen MR) is 235 cm³/mol. The lowest BCUT2D eigenvalue weighted by Crippen LogP contribution is -2.55. The highest BCUT2D eigenvalue weighted by Gasteiger charge is 2.44. The predicted octanol–water partition coefficient (Wildman–Crippen LogP) is 12.1. The summed E-state index contributed by atoms with van der Waals surface area (Å²) in [5.41, 5.74) is 19.7. The number of hydrogen-bond donors (Lipinski definition) is 0. The summed E-state index contributed by atoms with van der Waals surface area (Å²) in [6, 6.07) is 71.4. The Bertz CT molecular complexity index is 2700. The van der Waals surface area contributed by atoms with Crippen molar-refractivity contribution in [2.45, 2.75) is 26.2 Å². The minimum absolute atomic E-state index is 0.0123. The van der Waals surface area contributed by atoms with E-state index in [4.69, 9.17) is 0 Å². The number of nitrogens with zero attached hydrogens (tertiary/aromatic N) is 2. The molecule has 0 saturated heterocycles. The number of anilines is 6. The maximum Gasteiger partial charge on any atom is 0.248 e. The van der Waals surface area contributed by atoms with Gasteiger partial charge in [0.2, 0.25) is 6.71 Å². The summed E-state index contributed by atoms with van der Waals surface area (Å²) in [6.45, 7) is 7.02. The van der Waals surface area contributed by atoms with E-state index in [-0.39, 0.29) is 12.1 Å². The maximum absolute atomic E-state index is 2.58. The first-order valence-electron chi connectivity index (χ1n) is 19.3. The van der Waals surface area contributed by atoms with E-state index in [2.05, 4.69) is 225 Å². The highest BCUT2D eigenvalue weighted by atomic mass is 15.2. The van der Waals surface area contributed by atoms with E-state index in [0.717, 1.165) is 17.1 Å². The molecule has 55 heavy (non-hydrogen) atoms. The molecule has 3 heteroatoms. The van der Waals surface area contributed by atoms with Crippen molar-refractivity contribution in [3.05, 3.63) is 200 Å². The van der Waals surface area contributed by atoms with Gasteiger partial charge in [-0.05, 0) is 98.3 Å². The van der Waals surface area contributed by atoms with Crippen molar-refractivity contribution in [2.75, 3.05) is 9.80 Å². The minimum Gasteiger partial charge on any atom is -0.309 e. The summed E-state index contributed by atoms with van der Waals surface area (Å²) < 4.78 is 0. The fourth-order valence-corrected chi connectivity index (χ4v) is 8.82. The first-order chi connectivity index (χ1) is 27.0. The second-order valence-electron chi connectivity index (χ2n) is 15.7. The van der Waals surface area contributed by atoms with Crippen molar-refractivity contribution in [2.24, 2.45) is 0 Å². The number of fused-ring (bicyclic) bond motifs is 5. The van der Waals surface area contributed by atoms with Gasteiger partial charge in [0.15, 0.2) is 0 Å². The Balaban J connectivity index is 1.31. The zero-order valence-corrected chi connectivity index (χ0v) is 31.4. The smallest absolute Gasteiger partial charge is 0.248 e. The Morgan fingerprint density at radius 1 is 0.436 bits per heavy atom. The van der Waals surface area contributed by atoms with Crippen LogP contribution in [0.25, 0.3) is 33.4 Å². The number of para-hydroxylation sites is 2. The molecule has 0 spiro atoms. The van der Waals surface area contributed by atoms with Gasteiger partial charge in [-0.3, -0.25) is 0 Å². The Labute approximate surface area is 325 Å². The van der Waals surface area contributed by atoms with E-state index in [1.54, 1.807) is 0 Å². The van der Waals surface area contributed by atoms with E-state index < -0.39 is 0 Å². The molecule has 0 amide bonds. The second-order valence-corrected chi connectivity index (χ2v) is 15.7. The van der Waals surface area contributed by atoms with Gasteiger partial charge in [0.05, 0.1) is 17.1 Å². The van der Waals surface area contributed by atoms with Crippen LogP contribution in [-0.4, -0.2) is 6.71 Å². The third kappa shape index (κ3) is 5.50. The lowest BCUT2D eigenvalue weighted by molar-refractivity contribution is 0.590. The van der Waals surface area contributed by atoms with Crippen LogP contribution in [0.5, 0.6) is 0 Å². The fraction of sp³-hybridized carbons (Fsp3) is 0.0769. The summed E-state index contributed by atoms with van der Waals surface area (Å²) in [7, 11) is 0. The molecule has 2 aliphatic rings. The van der Waals surface area contributed by atoms with Crippen LogP contribution in [0.2, 0.25) is 0 Å². The largest absolute Gasteiger partial charge is 0.309 e. The summed E-state index contributed by atoms with van der Waals surface area (Å²) in [4.78, 5) is 5.05. The maximum atomic E-state index is 2.58. The highest BCUT2D eigenvalue weighted by molar-refractivity contribution is 7.01. The lowest BCUT2D eigenvalue weighted by atomic mass is 9.37. The molecule has 2 heterocycles. The molecule has 0 aromatic heterocycles. The van der Waals surface area contributed by atoms with Gasteiger partial charge >= 0.3 is 0 Å². The molecule has 8 aromatic carbocycles. The first kappa shape index (κ1) is 33.0. The quantitative estimate of drug-likeness (QED) is 0.159. The van der Waals surface area contributed by atoms with E-state index in [1.807, 2.05) is 0 Å². The number of hydrogen-bond acceptors (Lipinski definition) is 2. The second kappa shape index (κ2) is 13.1. The zero-order valence-electron chi connectivity index (χ0n) is 31.4. The van der Waals surface area contributed by atoms with Crippen molar-refractivity contribution in [3.63, 3.8) is 0 Å². The summed E-state index contributed by atoms with van der Waals surface area (Å²) in [5, 5.41) is 0. The Morgan fingerprint density at radius 2 is 1.05 bits per heavy atom. The molecule has 0 radical (unpaired) electrons. The highest BCUT2D eigenvalue weighted by Crippen LogP contribution is 2.51.